The zero-order valence-electron chi connectivity index (χ0n) is 14.6. The summed E-state index contributed by atoms with van der Waals surface area (Å²) in [7, 11) is 0. The summed E-state index contributed by atoms with van der Waals surface area (Å²) in [6.45, 7) is 2.80. The molecule has 8 nitrogen and oxygen atoms in total. The summed E-state index contributed by atoms with van der Waals surface area (Å²) in [6, 6.07) is 10.3. The second kappa shape index (κ2) is 9.00. The third-order valence-corrected chi connectivity index (χ3v) is 3.77. The van der Waals surface area contributed by atoms with Crippen LogP contribution in [0, 0.1) is 17.0 Å². The normalized spacial score (nSPS) is 11.4. The van der Waals surface area contributed by atoms with E-state index in [2.05, 4.69) is 5.32 Å². The fourth-order valence-electron chi connectivity index (χ4n) is 2.05. The highest BCUT2D eigenvalue weighted by atomic mass is 35.5. The molecule has 0 aliphatic heterocycles. The predicted octanol–water partition coefficient (Wildman–Crippen LogP) is 3.51. The van der Waals surface area contributed by atoms with Gasteiger partial charge in [0.2, 0.25) is 0 Å². The minimum absolute atomic E-state index is 0.0912. The Morgan fingerprint density at radius 3 is 2.52 bits per heavy atom. The highest BCUT2D eigenvalue weighted by molar-refractivity contribution is 6.31. The summed E-state index contributed by atoms with van der Waals surface area (Å²) in [6.07, 6.45) is -1.05. The molecule has 0 aromatic heterocycles. The number of aryl methyl sites for hydroxylation is 1. The summed E-state index contributed by atoms with van der Waals surface area (Å²) >= 11 is 5.90. The number of esters is 1. The quantitative estimate of drug-likeness (QED) is 0.439. The maximum Gasteiger partial charge on any atom is 0.344 e. The average molecular weight is 393 g/mol. The molecule has 142 valence electrons. The highest BCUT2D eigenvalue weighted by Crippen LogP contribution is 2.20. The number of hydrogen-bond donors (Lipinski definition) is 1. The SMILES string of the molecule is Cc1ccc(Cl)cc1NC(=O)[C@H](C)OC(=O)COc1ccc([N+](=O)[O-])cc1. The fraction of sp³-hybridized carbons (Fsp3) is 0.222. The monoisotopic (exact) mass is 392 g/mol. The number of halogens is 1. The van der Waals surface area contributed by atoms with Crippen LogP contribution >= 0.6 is 11.6 Å². The molecular formula is C18H17ClN2O6. The second-order valence-corrected chi connectivity index (χ2v) is 6.06. The molecule has 27 heavy (non-hydrogen) atoms. The van der Waals surface area contributed by atoms with Gasteiger partial charge in [-0.1, -0.05) is 17.7 Å². The summed E-state index contributed by atoms with van der Waals surface area (Å²) in [5.74, 6) is -0.993. The van der Waals surface area contributed by atoms with Crippen molar-refractivity contribution in [3.05, 3.63) is 63.2 Å². The molecule has 0 spiro atoms. The summed E-state index contributed by atoms with van der Waals surface area (Å²) in [5, 5.41) is 13.7. The molecule has 0 unspecified atom stereocenters. The number of carbonyl (C=O) groups excluding carboxylic acids is 2. The maximum atomic E-state index is 12.2. The van der Waals surface area contributed by atoms with Crippen molar-refractivity contribution in [1.82, 2.24) is 0 Å². The molecule has 0 saturated carbocycles. The smallest absolute Gasteiger partial charge is 0.344 e. The number of rotatable bonds is 7. The van der Waals surface area contributed by atoms with Gasteiger partial charge < -0.3 is 14.8 Å². The molecule has 9 heteroatoms. The van der Waals surface area contributed by atoms with Crippen molar-refractivity contribution in [3.63, 3.8) is 0 Å². The number of ether oxygens (including phenoxy) is 2. The molecule has 0 aliphatic rings. The van der Waals surface area contributed by atoms with Crippen molar-refractivity contribution < 1.29 is 24.0 Å². The van der Waals surface area contributed by atoms with Crippen molar-refractivity contribution in [3.8, 4) is 5.75 Å². The first kappa shape index (κ1) is 20.2. The molecule has 0 heterocycles. The van der Waals surface area contributed by atoms with E-state index in [4.69, 9.17) is 21.1 Å². The Hall–Kier alpha value is -3.13. The van der Waals surface area contributed by atoms with E-state index < -0.39 is 29.5 Å². The van der Waals surface area contributed by atoms with Gasteiger partial charge in [-0.15, -0.1) is 0 Å². The van der Waals surface area contributed by atoms with Gasteiger partial charge in [-0.3, -0.25) is 14.9 Å². The highest BCUT2D eigenvalue weighted by Gasteiger charge is 2.19. The lowest BCUT2D eigenvalue weighted by Crippen LogP contribution is -2.31. The lowest BCUT2D eigenvalue weighted by atomic mass is 10.2. The lowest BCUT2D eigenvalue weighted by Gasteiger charge is -2.15. The van der Waals surface area contributed by atoms with Crippen LogP contribution in [0.4, 0.5) is 11.4 Å². The van der Waals surface area contributed by atoms with Crippen molar-refractivity contribution in [1.29, 1.82) is 0 Å². The number of non-ortho nitro benzene ring substituents is 1. The van der Waals surface area contributed by atoms with E-state index in [1.165, 1.54) is 31.2 Å². The number of amides is 1. The Balaban J connectivity index is 1.84. The van der Waals surface area contributed by atoms with Crippen LogP contribution in [0.1, 0.15) is 12.5 Å². The van der Waals surface area contributed by atoms with Crippen LogP contribution in [0.15, 0.2) is 42.5 Å². The molecular weight excluding hydrogens is 376 g/mol. The summed E-state index contributed by atoms with van der Waals surface area (Å²) in [5.41, 5.74) is 1.25. The Morgan fingerprint density at radius 1 is 1.22 bits per heavy atom. The number of carbonyl (C=O) groups is 2. The molecule has 0 bridgehead atoms. The number of nitrogens with zero attached hydrogens (tertiary/aromatic N) is 1. The van der Waals surface area contributed by atoms with Gasteiger partial charge in [0, 0.05) is 22.8 Å². The first-order valence-electron chi connectivity index (χ1n) is 7.90. The first-order chi connectivity index (χ1) is 12.8. The Morgan fingerprint density at radius 2 is 1.89 bits per heavy atom. The van der Waals surface area contributed by atoms with E-state index in [0.29, 0.717) is 10.7 Å². The van der Waals surface area contributed by atoms with Gasteiger partial charge in [-0.05, 0) is 43.7 Å². The second-order valence-electron chi connectivity index (χ2n) is 5.62. The van der Waals surface area contributed by atoms with E-state index in [1.807, 2.05) is 0 Å². The molecule has 1 N–H and O–H groups in total. The molecule has 2 aromatic carbocycles. The minimum atomic E-state index is -1.05. The lowest BCUT2D eigenvalue weighted by molar-refractivity contribution is -0.384. The number of nitro benzene ring substituents is 1. The first-order valence-corrected chi connectivity index (χ1v) is 8.28. The minimum Gasteiger partial charge on any atom is -0.482 e. The van der Waals surface area contributed by atoms with Crippen molar-refractivity contribution in [2.24, 2.45) is 0 Å². The zero-order valence-corrected chi connectivity index (χ0v) is 15.4. The number of anilines is 1. The molecule has 1 atom stereocenters. The molecule has 0 fully saturated rings. The molecule has 0 saturated heterocycles. The van der Waals surface area contributed by atoms with Crippen molar-refractivity contribution in [2.75, 3.05) is 11.9 Å². The molecule has 1 amide bonds. The number of benzene rings is 2. The van der Waals surface area contributed by atoms with Crippen LogP contribution in [-0.4, -0.2) is 29.5 Å². The van der Waals surface area contributed by atoms with Crippen LogP contribution < -0.4 is 10.1 Å². The van der Waals surface area contributed by atoms with Crippen LogP contribution in [-0.2, 0) is 14.3 Å². The van der Waals surface area contributed by atoms with Crippen LogP contribution in [0.2, 0.25) is 5.02 Å². The van der Waals surface area contributed by atoms with Crippen LogP contribution in [0.25, 0.3) is 0 Å². The Kier molecular flexibility index (Phi) is 6.73. The summed E-state index contributed by atoms with van der Waals surface area (Å²) < 4.78 is 10.2. The van der Waals surface area contributed by atoms with Gasteiger partial charge >= 0.3 is 5.97 Å². The van der Waals surface area contributed by atoms with Crippen molar-refractivity contribution in [2.45, 2.75) is 20.0 Å². The predicted molar refractivity (Wildman–Crippen MR) is 99.0 cm³/mol. The Bertz CT molecular complexity index is 853. The van der Waals surface area contributed by atoms with Gasteiger partial charge in [0.05, 0.1) is 4.92 Å². The number of nitro groups is 1. The topological polar surface area (TPSA) is 108 Å². The third kappa shape index (κ3) is 5.96. The molecule has 0 radical (unpaired) electrons. The van der Waals surface area contributed by atoms with E-state index in [0.717, 1.165) is 5.56 Å². The van der Waals surface area contributed by atoms with Gasteiger partial charge in [-0.25, -0.2) is 4.79 Å². The van der Waals surface area contributed by atoms with Gasteiger partial charge in [0.15, 0.2) is 12.7 Å². The molecule has 2 aromatic rings. The van der Waals surface area contributed by atoms with Gasteiger partial charge in [0.25, 0.3) is 11.6 Å². The van der Waals surface area contributed by atoms with Gasteiger partial charge in [-0.2, -0.15) is 0 Å². The van der Waals surface area contributed by atoms with Gasteiger partial charge in [0.1, 0.15) is 5.75 Å². The van der Waals surface area contributed by atoms with E-state index in [9.17, 15) is 19.7 Å². The number of nitrogens with one attached hydrogen (secondary N) is 1. The summed E-state index contributed by atoms with van der Waals surface area (Å²) in [4.78, 5) is 34.0. The van der Waals surface area contributed by atoms with E-state index >= 15 is 0 Å². The largest absolute Gasteiger partial charge is 0.482 e. The van der Waals surface area contributed by atoms with Crippen LogP contribution in [0.5, 0.6) is 5.75 Å². The number of hydrogen-bond acceptors (Lipinski definition) is 6. The van der Waals surface area contributed by atoms with E-state index in [-0.39, 0.29) is 11.4 Å². The van der Waals surface area contributed by atoms with Crippen LogP contribution in [0.3, 0.4) is 0 Å². The average Bonchev–Trinajstić information content (AvgIpc) is 2.63. The molecule has 2 rings (SSSR count). The zero-order chi connectivity index (χ0) is 20.0. The third-order valence-electron chi connectivity index (χ3n) is 3.54. The Labute approximate surface area is 160 Å². The fourth-order valence-corrected chi connectivity index (χ4v) is 2.23. The standard InChI is InChI=1S/C18H17ClN2O6/c1-11-3-4-13(19)9-16(11)20-18(23)12(2)27-17(22)10-26-15-7-5-14(6-8-15)21(24)25/h3-9,12H,10H2,1-2H3,(H,20,23)/t12-/m0/s1. The molecule has 0 aliphatic carbocycles. The van der Waals surface area contributed by atoms with E-state index in [1.54, 1.807) is 25.1 Å². The van der Waals surface area contributed by atoms with Crippen molar-refractivity contribution >= 4 is 34.9 Å². The maximum absolute atomic E-state index is 12.2.